The molecule has 24 nitrogen and oxygen atoms in total. The number of nitrogens with one attached hydrogen (secondary N) is 5. The van der Waals surface area contributed by atoms with E-state index in [1.54, 1.807) is 89.2 Å². The Bertz CT molecular complexity index is 1820. The molecule has 0 aromatic heterocycles. The number of rotatable bonds is 14. The lowest BCUT2D eigenvalue weighted by molar-refractivity contribution is -0.305. The number of ether oxygens (including phenoxy) is 7. The molecule has 2 heterocycles. The molecule has 396 valence electrons. The summed E-state index contributed by atoms with van der Waals surface area (Å²) in [5.74, 6) is -2.67. The van der Waals surface area contributed by atoms with Gasteiger partial charge in [0.25, 0.3) is 0 Å². The van der Waals surface area contributed by atoms with Crippen molar-refractivity contribution in [2.45, 2.75) is 198 Å². The fourth-order valence-corrected chi connectivity index (χ4v) is 8.01. The van der Waals surface area contributed by atoms with Gasteiger partial charge in [-0.1, -0.05) is 0 Å². The van der Waals surface area contributed by atoms with Crippen LogP contribution in [-0.2, 0) is 42.7 Å². The molecule has 3 aliphatic rings. The van der Waals surface area contributed by atoms with Crippen molar-refractivity contribution in [3.63, 3.8) is 0 Å². The number of alkyl carbamates (subject to hydrolysis) is 3. The number of nitrogens with zero attached hydrogens (tertiary/aromatic N) is 1. The maximum absolute atomic E-state index is 13.8. The van der Waals surface area contributed by atoms with E-state index in [0.717, 1.165) is 4.90 Å². The van der Waals surface area contributed by atoms with Gasteiger partial charge in [0.15, 0.2) is 6.29 Å². The molecule has 24 heteroatoms. The van der Waals surface area contributed by atoms with E-state index in [0.29, 0.717) is 0 Å². The Morgan fingerprint density at radius 1 is 0.797 bits per heavy atom. The molecule has 2 fully saturated rings. The van der Waals surface area contributed by atoms with Gasteiger partial charge in [-0.2, -0.15) is 0 Å². The summed E-state index contributed by atoms with van der Waals surface area (Å²) in [5, 5.41) is 60.3. The summed E-state index contributed by atoms with van der Waals surface area (Å²) in [6, 6.07) is -4.92. The fourth-order valence-electron chi connectivity index (χ4n) is 8.01. The lowest BCUT2D eigenvalue weighted by atomic mass is 9.72. The highest BCUT2D eigenvalue weighted by molar-refractivity contribution is 5.82. The van der Waals surface area contributed by atoms with E-state index in [2.05, 4.69) is 26.6 Å². The molecule has 2 aliphatic heterocycles. The standard InChI is InChI=1S/C45H79N7O17/c1-41(2,3)66-37(58)47-18-17-27(53)35(57)50-26-19-25(51-39(60)68-43(7,8)9)29(32-24(16-15-23(20-46)64-32)49-28(54)21-48-38(59)67-42(4,5)6)30(55)33(26)65-36-31(56)34(45(13,62)22-63-36)52(14)40(61)69-44(10,11)12/h15,24-27,29-34,36,53,55-56,62H,16-22,46H2,1-14H3,(H,47,58)(H,48,59)(H,49,54)(H,50,57)(H,51,60)/t24-,25+,26-,27+,29-,30+,31-,32?,33+,34-,36-,45+/m1/s1. The van der Waals surface area contributed by atoms with Gasteiger partial charge in [0.2, 0.25) is 11.8 Å². The first-order valence-electron chi connectivity index (χ1n) is 23.1. The number of carbonyl (C=O) groups is 6. The monoisotopic (exact) mass is 990 g/mol. The molecule has 6 amide bonds. The maximum Gasteiger partial charge on any atom is 0.410 e. The van der Waals surface area contributed by atoms with Crippen molar-refractivity contribution in [1.82, 2.24) is 31.5 Å². The van der Waals surface area contributed by atoms with Crippen molar-refractivity contribution >= 4 is 36.2 Å². The quantitative estimate of drug-likeness (QED) is 0.107. The molecule has 1 aliphatic carbocycles. The van der Waals surface area contributed by atoms with Crippen LogP contribution in [0.15, 0.2) is 11.8 Å². The predicted molar refractivity (Wildman–Crippen MR) is 246 cm³/mol. The summed E-state index contributed by atoms with van der Waals surface area (Å²) in [4.78, 5) is 79.8. The molecule has 0 aromatic carbocycles. The largest absolute Gasteiger partial charge is 0.491 e. The Kier molecular flexibility index (Phi) is 19.9. The van der Waals surface area contributed by atoms with Gasteiger partial charge in [0.1, 0.15) is 64.7 Å². The molecular formula is C45H79N7O17. The van der Waals surface area contributed by atoms with Crippen LogP contribution in [0.2, 0.25) is 0 Å². The third-order valence-corrected chi connectivity index (χ3v) is 10.7. The average molecular weight is 990 g/mol. The van der Waals surface area contributed by atoms with E-state index in [1.165, 1.54) is 14.0 Å². The molecule has 69 heavy (non-hydrogen) atoms. The lowest BCUT2D eigenvalue weighted by Gasteiger charge is -2.52. The Morgan fingerprint density at radius 3 is 1.90 bits per heavy atom. The Hall–Kier alpha value is -4.72. The van der Waals surface area contributed by atoms with Crippen LogP contribution in [0.5, 0.6) is 0 Å². The zero-order valence-electron chi connectivity index (χ0n) is 42.5. The number of hydrogen-bond acceptors (Lipinski definition) is 18. The van der Waals surface area contributed by atoms with E-state index >= 15 is 0 Å². The van der Waals surface area contributed by atoms with Gasteiger partial charge in [-0.3, -0.25) is 9.59 Å². The van der Waals surface area contributed by atoms with Gasteiger partial charge >= 0.3 is 24.4 Å². The highest BCUT2D eigenvalue weighted by Gasteiger charge is 2.56. The van der Waals surface area contributed by atoms with Crippen molar-refractivity contribution < 1.29 is 82.4 Å². The third-order valence-electron chi connectivity index (χ3n) is 10.7. The number of hydrogen-bond donors (Lipinski definition) is 10. The number of likely N-dealkylation sites (N-methyl/N-ethyl adjacent to an activating group) is 1. The van der Waals surface area contributed by atoms with Crippen molar-refractivity contribution in [2.24, 2.45) is 11.7 Å². The van der Waals surface area contributed by atoms with Crippen LogP contribution in [0, 0.1) is 5.92 Å². The van der Waals surface area contributed by atoms with E-state index in [-0.39, 0.29) is 38.1 Å². The van der Waals surface area contributed by atoms with Gasteiger partial charge in [0, 0.05) is 25.6 Å². The smallest absolute Gasteiger partial charge is 0.410 e. The van der Waals surface area contributed by atoms with E-state index < -0.39 is 144 Å². The molecule has 11 N–H and O–H groups in total. The first-order chi connectivity index (χ1) is 31.5. The fraction of sp³-hybridized carbons (Fsp3) is 0.822. The first-order valence-corrected chi connectivity index (χ1v) is 23.1. The minimum Gasteiger partial charge on any atom is -0.491 e. The van der Waals surface area contributed by atoms with Gasteiger partial charge in [-0.05, 0) is 115 Å². The highest BCUT2D eigenvalue weighted by Crippen LogP contribution is 2.39. The molecule has 3 rings (SSSR count). The van der Waals surface area contributed by atoms with Gasteiger partial charge in [0.05, 0.1) is 37.4 Å². The SMILES string of the molecule is CN(C(=O)OC(C)(C)C)[C@@H]1[C@@H](O)[C@@H](O[C@@H]2[C@@H](O)[C@H](C3OC(CN)=CC[C@H]3NC(=O)CNC(=O)OC(C)(C)C)[C@@H](NC(=O)OC(C)(C)C)C[C@H]2NC(=O)[C@@H](O)CCNC(=O)OC(C)(C)C)OC[C@]1(C)O. The number of amides is 6. The predicted octanol–water partition coefficient (Wildman–Crippen LogP) is 0.751. The molecule has 1 saturated heterocycles. The molecule has 0 aromatic rings. The molecule has 0 radical (unpaired) electrons. The highest BCUT2D eigenvalue weighted by atomic mass is 16.7. The second kappa shape index (κ2) is 23.5. The second-order valence-electron chi connectivity index (χ2n) is 21.8. The number of nitrogens with two attached hydrogens (primary N) is 1. The van der Waals surface area contributed by atoms with Crippen LogP contribution >= 0.6 is 0 Å². The summed E-state index contributed by atoms with van der Waals surface area (Å²) >= 11 is 0. The van der Waals surface area contributed by atoms with Crippen molar-refractivity contribution in [3.8, 4) is 0 Å². The summed E-state index contributed by atoms with van der Waals surface area (Å²) in [6.07, 6.45) is -12.3. The summed E-state index contributed by atoms with van der Waals surface area (Å²) in [6.45, 7) is 19.8. The van der Waals surface area contributed by atoms with Crippen molar-refractivity contribution in [1.29, 1.82) is 0 Å². The topological polar surface area (TPSA) is 337 Å². The zero-order valence-corrected chi connectivity index (χ0v) is 42.5. The van der Waals surface area contributed by atoms with Crippen LogP contribution in [0.3, 0.4) is 0 Å². The lowest BCUT2D eigenvalue weighted by Crippen LogP contribution is -2.71. The number of aliphatic hydroxyl groups excluding tert-OH is 3. The maximum atomic E-state index is 13.8. The Labute approximate surface area is 404 Å². The van der Waals surface area contributed by atoms with Crippen LogP contribution in [0.4, 0.5) is 19.2 Å². The summed E-state index contributed by atoms with van der Waals surface area (Å²) in [7, 11) is 1.31. The zero-order chi connectivity index (χ0) is 52.6. The van der Waals surface area contributed by atoms with Crippen molar-refractivity contribution in [3.05, 3.63) is 11.8 Å². The molecular weight excluding hydrogens is 911 g/mol. The third kappa shape index (κ3) is 18.5. The molecule has 0 bridgehead atoms. The average Bonchev–Trinajstić information content (AvgIpc) is 3.16. The van der Waals surface area contributed by atoms with E-state index in [9.17, 15) is 49.2 Å². The second-order valence-corrected chi connectivity index (χ2v) is 21.8. The van der Waals surface area contributed by atoms with Gasteiger partial charge < -0.3 is 90.8 Å². The first kappa shape index (κ1) is 58.6. The molecule has 12 atom stereocenters. The van der Waals surface area contributed by atoms with Crippen molar-refractivity contribution in [2.75, 3.05) is 33.3 Å². The number of carbonyl (C=O) groups excluding carboxylic acids is 6. The van der Waals surface area contributed by atoms with Crippen LogP contribution in [0.1, 0.15) is 109 Å². The minimum absolute atomic E-state index is 0.0885. The van der Waals surface area contributed by atoms with E-state index in [4.69, 9.17) is 38.9 Å². The molecule has 1 saturated carbocycles. The van der Waals surface area contributed by atoms with Crippen LogP contribution < -0.4 is 32.3 Å². The van der Waals surface area contributed by atoms with Crippen LogP contribution in [-0.4, -0.2) is 184 Å². The molecule has 0 spiro atoms. The Morgan fingerprint density at radius 2 is 1.35 bits per heavy atom. The minimum atomic E-state index is -1.88. The Balaban J connectivity index is 2.11. The van der Waals surface area contributed by atoms with Gasteiger partial charge in [-0.25, -0.2) is 19.2 Å². The number of aliphatic hydroxyl groups is 4. The van der Waals surface area contributed by atoms with Crippen LogP contribution in [0.25, 0.3) is 0 Å². The van der Waals surface area contributed by atoms with Gasteiger partial charge in [-0.15, -0.1) is 0 Å². The summed E-state index contributed by atoms with van der Waals surface area (Å²) in [5.41, 5.74) is 0.533. The normalized spacial score (nSPS) is 29.1. The van der Waals surface area contributed by atoms with E-state index in [1.807, 2.05) is 0 Å². The molecule has 1 unspecified atom stereocenters. The summed E-state index contributed by atoms with van der Waals surface area (Å²) < 4.78 is 40.2.